The van der Waals surface area contributed by atoms with Gasteiger partial charge in [-0.1, -0.05) is 18.2 Å². The van der Waals surface area contributed by atoms with E-state index in [1.54, 1.807) is 30.3 Å². The number of anilines is 1. The van der Waals surface area contributed by atoms with Gasteiger partial charge in [0.2, 0.25) is 5.91 Å². The lowest BCUT2D eigenvalue weighted by Crippen LogP contribution is -2.49. The fourth-order valence-corrected chi connectivity index (χ4v) is 1.23. The van der Waals surface area contributed by atoms with Crippen LogP contribution < -0.4 is 5.01 Å². The minimum Gasteiger partial charge on any atom is -0.474 e. The summed E-state index contributed by atoms with van der Waals surface area (Å²) in [6.45, 7) is 1.24. The molecule has 1 rings (SSSR count). The van der Waals surface area contributed by atoms with Gasteiger partial charge >= 0.3 is 11.9 Å². The zero-order valence-electron chi connectivity index (χ0n) is 9.45. The number of nitrogens with zero attached hydrogens (tertiary/aromatic N) is 2. The smallest absolute Gasteiger partial charge is 0.396 e. The van der Waals surface area contributed by atoms with E-state index in [1.165, 1.54) is 14.0 Å². The van der Waals surface area contributed by atoms with Gasteiger partial charge in [-0.05, 0) is 12.1 Å². The van der Waals surface area contributed by atoms with E-state index in [9.17, 15) is 14.4 Å². The average molecular weight is 236 g/mol. The Morgan fingerprint density at radius 1 is 1.12 bits per heavy atom. The number of hydrogen-bond donors (Lipinski definition) is 1. The molecule has 1 aromatic rings. The topological polar surface area (TPSA) is 77.9 Å². The van der Waals surface area contributed by atoms with Crippen molar-refractivity contribution in [3.8, 4) is 0 Å². The SMILES string of the molecule is CC(=O)N(C)N(C(=O)C(=O)O)c1ccccc1. The summed E-state index contributed by atoms with van der Waals surface area (Å²) >= 11 is 0. The van der Waals surface area contributed by atoms with Gasteiger partial charge in [0.25, 0.3) is 0 Å². The van der Waals surface area contributed by atoms with Crippen LogP contribution in [-0.2, 0) is 14.4 Å². The van der Waals surface area contributed by atoms with Crippen molar-refractivity contribution in [3.05, 3.63) is 30.3 Å². The normalized spacial score (nSPS) is 9.53. The highest BCUT2D eigenvalue weighted by molar-refractivity contribution is 6.37. The minimum atomic E-state index is -1.62. The Kier molecular flexibility index (Phi) is 3.82. The summed E-state index contributed by atoms with van der Waals surface area (Å²) in [6.07, 6.45) is 0. The molecule has 0 radical (unpaired) electrons. The number of carboxylic acid groups (broad SMARTS) is 1. The summed E-state index contributed by atoms with van der Waals surface area (Å²) in [7, 11) is 1.33. The highest BCUT2D eigenvalue weighted by atomic mass is 16.4. The van der Waals surface area contributed by atoms with Crippen LogP contribution in [-0.4, -0.2) is 34.9 Å². The van der Waals surface area contributed by atoms with Crippen LogP contribution in [0.15, 0.2) is 30.3 Å². The Bertz CT molecular complexity index is 444. The number of hydrogen-bond acceptors (Lipinski definition) is 3. The van der Waals surface area contributed by atoms with Crippen molar-refractivity contribution in [3.63, 3.8) is 0 Å². The number of benzene rings is 1. The molecule has 0 saturated carbocycles. The molecule has 2 amide bonds. The van der Waals surface area contributed by atoms with Crippen molar-refractivity contribution in [2.24, 2.45) is 0 Å². The molecule has 17 heavy (non-hydrogen) atoms. The van der Waals surface area contributed by atoms with Crippen molar-refractivity contribution in [2.45, 2.75) is 6.92 Å². The molecule has 0 spiro atoms. The Morgan fingerprint density at radius 3 is 2.06 bits per heavy atom. The Balaban J connectivity index is 3.16. The number of amides is 2. The fraction of sp³-hybridized carbons (Fsp3) is 0.182. The maximum absolute atomic E-state index is 11.5. The molecule has 0 aliphatic rings. The third-order valence-corrected chi connectivity index (χ3v) is 2.13. The zero-order chi connectivity index (χ0) is 13.0. The molecule has 1 N–H and O–H groups in total. The van der Waals surface area contributed by atoms with E-state index in [4.69, 9.17) is 5.11 Å². The molecule has 0 aliphatic heterocycles. The first kappa shape index (κ1) is 12.7. The second-order valence-corrected chi connectivity index (χ2v) is 3.30. The minimum absolute atomic E-state index is 0.317. The first-order chi connectivity index (χ1) is 7.95. The molecule has 0 bridgehead atoms. The lowest BCUT2D eigenvalue weighted by Gasteiger charge is -2.29. The van der Waals surface area contributed by atoms with Gasteiger partial charge in [0, 0.05) is 14.0 Å². The van der Waals surface area contributed by atoms with Crippen LogP contribution in [0.1, 0.15) is 6.92 Å². The van der Waals surface area contributed by atoms with Gasteiger partial charge in [0.15, 0.2) is 0 Å². The number of carbonyl (C=O) groups excluding carboxylic acids is 2. The van der Waals surface area contributed by atoms with Crippen molar-refractivity contribution in [2.75, 3.05) is 12.1 Å². The predicted molar refractivity (Wildman–Crippen MR) is 60.0 cm³/mol. The van der Waals surface area contributed by atoms with E-state index >= 15 is 0 Å². The molecule has 6 heteroatoms. The maximum Gasteiger partial charge on any atom is 0.396 e. The summed E-state index contributed by atoms with van der Waals surface area (Å²) in [5.41, 5.74) is 0.317. The summed E-state index contributed by atoms with van der Waals surface area (Å²) in [5, 5.41) is 10.5. The second-order valence-electron chi connectivity index (χ2n) is 3.30. The number of carboxylic acids is 1. The predicted octanol–water partition coefficient (Wildman–Crippen LogP) is 0.497. The lowest BCUT2D eigenvalue weighted by molar-refractivity contribution is -0.151. The number of hydrazine groups is 1. The van der Waals surface area contributed by atoms with Gasteiger partial charge in [-0.15, -0.1) is 0 Å². The average Bonchev–Trinajstić information content (AvgIpc) is 2.30. The number of aliphatic carboxylic acids is 1. The van der Waals surface area contributed by atoms with Crippen LogP contribution in [0.5, 0.6) is 0 Å². The summed E-state index contributed by atoms with van der Waals surface area (Å²) in [6, 6.07) is 8.10. The maximum atomic E-state index is 11.5. The monoisotopic (exact) mass is 236 g/mol. The summed E-state index contributed by atoms with van der Waals surface area (Å²) in [4.78, 5) is 33.5. The van der Waals surface area contributed by atoms with Gasteiger partial charge in [-0.25, -0.2) is 14.8 Å². The summed E-state index contributed by atoms with van der Waals surface area (Å²) in [5.74, 6) is -3.25. The van der Waals surface area contributed by atoms with Crippen molar-refractivity contribution < 1.29 is 19.5 Å². The van der Waals surface area contributed by atoms with Crippen LogP contribution in [0.25, 0.3) is 0 Å². The first-order valence-electron chi connectivity index (χ1n) is 4.81. The van der Waals surface area contributed by atoms with Crippen LogP contribution in [0, 0.1) is 0 Å². The first-order valence-corrected chi connectivity index (χ1v) is 4.81. The van der Waals surface area contributed by atoms with E-state index in [1.807, 2.05) is 0 Å². The molecule has 1 aromatic carbocycles. The van der Waals surface area contributed by atoms with Crippen LogP contribution in [0.3, 0.4) is 0 Å². The van der Waals surface area contributed by atoms with Gasteiger partial charge < -0.3 is 5.11 Å². The molecule has 0 saturated heterocycles. The molecule has 6 nitrogen and oxygen atoms in total. The zero-order valence-corrected chi connectivity index (χ0v) is 9.45. The van der Waals surface area contributed by atoms with Gasteiger partial charge in [0.05, 0.1) is 5.69 Å². The molecule has 0 aromatic heterocycles. The van der Waals surface area contributed by atoms with Crippen molar-refractivity contribution >= 4 is 23.5 Å². The lowest BCUT2D eigenvalue weighted by atomic mass is 10.3. The van der Waals surface area contributed by atoms with E-state index in [-0.39, 0.29) is 0 Å². The molecule has 0 unspecified atom stereocenters. The molecular weight excluding hydrogens is 224 g/mol. The van der Waals surface area contributed by atoms with Gasteiger partial charge in [0.1, 0.15) is 0 Å². The molecule has 0 aliphatic carbocycles. The highest BCUT2D eigenvalue weighted by Gasteiger charge is 2.27. The Labute approximate surface area is 98.0 Å². The van der Waals surface area contributed by atoms with E-state index in [2.05, 4.69) is 0 Å². The van der Waals surface area contributed by atoms with Crippen molar-refractivity contribution in [1.29, 1.82) is 0 Å². The molecule has 90 valence electrons. The van der Waals surface area contributed by atoms with E-state index in [0.29, 0.717) is 5.69 Å². The standard InChI is InChI=1S/C11H12N2O4/c1-8(14)12(2)13(10(15)11(16)17)9-6-4-3-5-7-9/h3-7H,1-2H3,(H,16,17). The molecule has 0 heterocycles. The van der Waals surface area contributed by atoms with Gasteiger partial charge in [-0.2, -0.15) is 0 Å². The molecular formula is C11H12N2O4. The van der Waals surface area contributed by atoms with Crippen molar-refractivity contribution in [1.82, 2.24) is 5.01 Å². The quantitative estimate of drug-likeness (QED) is 0.569. The molecule has 0 fully saturated rings. The number of para-hydroxylation sites is 1. The third-order valence-electron chi connectivity index (χ3n) is 2.13. The van der Waals surface area contributed by atoms with Gasteiger partial charge in [-0.3, -0.25) is 9.59 Å². The van der Waals surface area contributed by atoms with Crippen LogP contribution in [0.4, 0.5) is 5.69 Å². The number of carbonyl (C=O) groups is 3. The summed E-state index contributed by atoms with van der Waals surface area (Å²) < 4.78 is 0. The number of rotatable bonds is 1. The molecule has 0 atom stereocenters. The fourth-order valence-electron chi connectivity index (χ4n) is 1.23. The van der Waals surface area contributed by atoms with Crippen LogP contribution >= 0.6 is 0 Å². The van der Waals surface area contributed by atoms with E-state index in [0.717, 1.165) is 10.0 Å². The van der Waals surface area contributed by atoms with E-state index < -0.39 is 17.8 Å². The largest absolute Gasteiger partial charge is 0.474 e. The Morgan fingerprint density at radius 2 is 1.65 bits per heavy atom. The Hall–Kier alpha value is -2.37. The second kappa shape index (κ2) is 5.11. The third kappa shape index (κ3) is 2.81. The van der Waals surface area contributed by atoms with Crippen LogP contribution in [0.2, 0.25) is 0 Å². The highest BCUT2D eigenvalue weighted by Crippen LogP contribution is 2.15.